The average molecular weight is 467 g/mol. The van der Waals surface area contributed by atoms with E-state index in [4.69, 9.17) is 14.2 Å². The highest BCUT2D eigenvalue weighted by molar-refractivity contribution is 7.94. The molecule has 0 aliphatic carbocycles. The van der Waals surface area contributed by atoms with Gasteiger partial charge in [0.15, 0.2) is 12.9 Å². The van der Waals surface area contributed by atoms with Crippen LogP contribution in [0, 0.1) is 0 Å². The van der Waals surface area contributed by atoms with Crippen molar-refractivity contribution >= 4 is 33.0 Å². The first-order valence-electron chi connectivity index (χ1n) is 10.2. The van der Waals surface area contributed by atoms with Crippen LogP contribution in [0.15, 0.2) is 46.0 Å². The Labute approximate surface area is 186 Å². The minimum absolute atomic E-state index is 0.0779. The Kier molecular flexibility index (Phi) is 6.80. The summed E-state index contributed by atoms with van der Waals surface area (Å²) in [7, 11) is -2.08. The van der Waals surface area contributed by atoms with Crippen LogP contribution in [-0.2, 0) is 24.3 Å². The summed E-state index contributed by atoms with van der Waals surface area (Å²) in [4.78, 5) is 14.6. The summed E-state index contributed by atoms with van der Waals surface area (Å²) in [5, 5.41) is 1.73. The van der Waals surface area contributed by atoms with Gasteiger partial charge in [-0.15, -0.1) is 11.3 Å². The molecule has 2 aliphatic rings. The molecule has 0 saturated carbocycles. The maximum Gasteiger partial charge on any atom is 0.273 e. The highest BCUT2D eigenvalue weighted by atomic mass is 32.2. The molecule has 2 aromatic rings. The van der Waals surface area contributed by atoms with E-state index in [-0.39, 0.29) is 29.1 Å². The summed E-state index contributed by atoms with van der Waals surface area (Å²) in [6.07, 6.45) is 2.50. The van der Waals surface area contributed by atoms with Crippen molar-refractivity contribution < 1.29 is 27.4 Å². The predicted octanol–water partition coefficient (Wildman–Crippen LogP) is 2.71. The molecule has 4 rings (SSSR count). The van der Waals surface area contributed by atoms with Gasteiger partial charge in [-0.05, 0) is 55.0 Å². The molecular formula is C21H26N2O6S2. The van der Waals surface area contributed by atoms with E-state index in [1.165, 1.54) is 22.7 Å². The van der Waals surface area contributed by atoms with Gasteiger partial charge >= 0.3 is 0 Å². The number of benzene rings is 1. The topological polar surface area (TPSA) is 85.4 Å². The normalized spacial score (nSPS) is 20.0. The summed E-state index contributed by atoms with van der Waals surface area (Å²) in [5.41, 5.74) is 0.513. The van der Waals surface area contributed by atoms with Crippen molar-refractivity contribution in [3.63, 3.8) is 0 Å². The minimum atomic E-state index is -3.59. The molecule has 1 aromatic carbocycles. The maximum absolute atomic E-state index is 12.8. The molecule has 1 amide bonds. The van der Waals surface area contributed by atoms with Gasteiger partial charge < -0.3 is 19.1 Å². The van der Waals surface area contributed by atoms with Crippen molar-refractivity contribution in [2.24, 2.45) is 0 Å². The molecule has 3 heterocycles. The average Bonchev–Trinajstić information content (AvgIpc) is 3.52. The maximum atomic E-state index is 12.8. The first kappa shape index (κ1) is 22.1. The predicted molar refractivity (Wildman–Crippen MR) is 117 cm³/mol. The van der Waals surface area contributed by atoms with Crippen molar-refractivity contribution in [1.82, 2.24) is 4.90 Å². The van der Waals surface area contributed by atoms with Crippen molar-refractivity contribution in [3.05, 3.63) is 41.8 Å². The molecule has 168 valence electrons. The van der Waals surface area contributed by atoms with Crippen molar-refractivity contribution in [1.29, 1.82) is 0 Å². The third-order valence-electron chi connectivity index (χ3n) is 5.50. The Bertz CT molecular complexity index is 972. The number of rotatable bonds is 7. The van der Waals surface area contributed by atoms with Gasteiger partial charge in [0.05, 0.1) is 24.9 Å². The molecular weight excluding hydrogens is 440 g/mol. The number of carbonyl (C=O) groups is 1. The molecule has 8 nitrogen and oxygen atoms in total. The highest BCUT2D eigenvalue weighted by Crippen LogP contribution is 2.27. The summed E-state index contributed by atoms with van der Waals surface area (Å²) >= 11 is 1.18. The zero-order chi connectivity index (χ0) is 21.8. The molecule has 10 heteroatoms. The third kappa shape index (κ3) is 4.87. The molecule has 1 atom stereocenters. The molecule has 0 radical (unpaired) electrons. The van der Waals surface area contributed by atoms with Crippen molar-refractivity contribution in [3.8, 4) is 5.75 Å². The van der Waals surface area contributed by atoms with E-state index in [2.05, 4.69) is 0 Å². The lowest BCUT2D eigenvalue weighted by atomic mass is 10.0. The summed E-state index contributed by atoms with van der Waals surface area (Å²) in [5.74, 6) is 0.395. The third-order valence-corrected chi connectivity index (χ3v) is 8.66. The number of nitrogens with zero attached hydrogens (tertiary/aromatic N) is 2. The van der Waals surface area contributed by atoms with E-state index in [1.54, 1.807) is 46.7 Å². The summed E-state index contributed by atoms with van der Waals surface area (Å²) < 4.78 is 43.7. The summed E-state index contributed by atoms with van der Waals surface area (Å²) in [6, 6.07) is 9.86. The van der Waals surface area contributed by atoms with Crippen LogP contribution < -0.4 is 9.04 Å². The van der Waals surface area contributed by atoms with Crippen LogP contribution in [0.25, 0.3) is 0 Å². The number of amides is 1. The van der Waals surface area contributed by atoms with Gasteiger partial charge in [0.2, 0.25) is 0 Å². The quantitative estimate of drug-likeness (QED) is 0.624. The fraction of sp³-hybridized carbons (Fsp3) is 0.476. The van der Waals surface area contributed by atoms with Crippen LogP contribution in [0.2, 0.25) is 0 Å². The fourth-order valence-corrected chi connectivity index (χ4v) is 6.17. The molecule has 2 aliphatic heterocycles. The van der Waals surface area contributed by atoms with Gasteiger partial charge in [0.1, 0.15) is 9.96 Å². The van der Waals surface area contributed by atoms with E-state index in [9.17, 15) is 13.2 Å². The van der Waals surface area contributed by atoms with Crippen LogP contribution in [0.4, 0.5) is 5.69 Å². The van der Waals surface area contributed by atoms with Gasteiger partial charge in [-0.1, -0.05) is 6.07 Å². The SMILES string of the molecule is CN(c1ccc(OCC(=O)N2CCCC[C@H]2C2OCCO2)cc1)S(=O)(=O)c1cccs1. The lowest BCUT2D eigenvalue weighted by Gasteiger charge is -2.37. The van der Waals surface area contributed by atoms with Gasteiger partial charge in [0, 0.05) is 13.6 Å². The standard InChI is InChI=1S/C21H26N2O6S2/c1-22(31(25,26)20-6-4-14-30-20)16-7-9-17(10-8-16)29-15-19(24)23-11-3-2-5-18(23)21-27-12-13-28-21/h4,6-10,14,18,21H,2-3,5,11-13,15H2,1H3/t18-/m0/s1. The molecule has 2 saturated heterocycles. The van der Waals surface area contributed by atoms with E-state index in [0.717, 1.165) is 19.3 Å². The summed E-state index contributed by atoms with van der Waals surface area (Å²) in [6.45, 7) is 1.69. The van der Waals surface area contributed by atoms with Gasteiger partial charge in [-0.3, -0.25) is 9.10 Å². The van der Waals surface area contributed by atoms with Crippen LogP contribution in [0.1, 0.15) is 19.3 Å². The lowest BCUT2D eigenvalue weighted by Crippen LogP contribution is -2.51. The number of likely N-dealkylation sites (tertiary alicyclic amines) is 1. The molecule has 0 unspecified atom stereocenters. The van der Waals surface area contributed by atoms with Crippen LogP contribution in [-0.4, -0.2) is 65.0 Å². The molecule has 0 spiro atoms. The second kappa shape index (κ2) is 9.56. The molecule has 1 aromatic heterocycles. The van der Waals surface area contributed by atoms with Crippen molar-refractivity contribution in [2.45, 2.75) is 35.8 Å². The number of anilines is 1. The zero-order valence-corrected chi connectivity index (χ0v) is 18.9. The lowest BCUT2D eigenvalue weighted by molar-refractivity contribution is -0.152. The Hall–Kier alpha value is -2.14. The second-order valence-electron chi connectivity index (χ2n) is 7.45. The van der Waals surface area contributed by atoms with Gasteiger partial charge in [-0.25, -0.2) is 8.42 Å². The van der Waals surface area contributed by atoms with Crippen LogP contribution in [0.5, 0.6) is 5.75 Å². The number of hydrogen-bond acceptors (Lipinski definition) is 7. The number of thiophene rings is 1. The first-order valence-corrected chi connectivity index (χ1v) is 12.6. The Morgan fingerprint density at radius 3 is 2.61 bits per heavy atom. The Morgan fingerprint density at radius 1 is 1.19 bits per heavy atom. The smallest absolute Gasteiger partial charge is 0.273 e. The van der Waals surface area contributed by atoms with E-state index < -0.39 is 10.0 Å². The molecule has 0 bridgehead atoms. The van der Waals surface area contributed by atoms with E-state index in [0.29, 0.717) is 31.2 Å². The Balaban J connectivity index is 1.36. The number of hydrogen-bond donors (Lipinski definition) is 0. The van der Waals surface area contributed by atoms with E-state index >= 15 is 0 Å². The largest absolute Gasteiger partial charge is 0.484 e. The highest BCUT2D eigenvalue weighted by Gasteiger charge is 2.36. The number of carbonyl (C=O) groups excluding carboxylic acids is 1. The number of sulfonamides is 1. The molecule has 31 heavy (non-hydrogen) atoms. The first-order chi connectivity index (χ1) is 15.0. The number of ether oxygens (including phenoxy) is 3. The molecule has 2 fully saturated rings. The van der Waals surface area contributed by atoms with Gasteiger partial charge in [-0.2, -0.15) is 0 Å². The van der Waals surface area contributed by atoms with Crippen LogP contribution in [0.3, 0.4) is 0 Å². The zero-order valence-electron chi connectivity index (χ0n) is 17.3. The van der Waals surface area contributed by atoms with Gasteiger partial charge in [0.25, 0.3) is 15.9 Å². The number of piperidine rings is 1. The van der Waals surface area contributed by atoms with Crippen molar-refractivity contribution in [2.75, 3.05) is 37.7 Å². The fourth-order valence-electron chi connectivity index (χ4n) is 3.81. The molecule has 0 N–H and O–H groups in total. The monoisotopic (exact) mass is 466 g/mol. The second-order valence-corrected chi connectivity index (χ2v) is 10.6. The van der Waals surface area contributed by atoms with E-state index in [1.807, 2.05) is 0 Å². The Morgan fingerprint density at radius 2 is 1.94 bits per heavy atom. The van der Waals surface area contributed by atoms with Crippen LogP contribution >= 0.6 is 11.3 Å². The minimum Gasteiger partial charge on any atom is -0.484 e.